The van der Waals surface area contributed by atoms with Crippen LogP contribution < -0.4 is 4.74 Å². The molecule has 0 unspecified atom stereocenters. The molecule has 0 amide bonds. The van der Waals surface area contributed by atoms with Gasteiger partial charge in [-0.2, -0.15) is 0 Å². The van der Waals surface area contributed by atoms with E-state index in [4.69, 9.17) is 9.47 Å². The Balaban J connectivity index is 1.28. The number of nitrogens with zero attached hydrogens (tertiary/aromatic N) is 3. The van der Waals surface area contributed by atoms with Crippen molar-refractivity contribution in [2.24, 2.45) is 0 Å². The molecule has 3 aliphatic rings. The number of aryl methyl sites for hydroxylation is 2. The summed E-state index contributed by atoms with van der Waals surface area (Å²) in [4.78, 5) is 14.2. The summed E-state index contributed by atoms with van der Waals surface area (Å²) < 4.78 is 11.9. The normalized spacial score (nSPS) is 27.5. The van der Waals surface area contributed by atoms with E-state index in [1.807, 2.05) is 11.3 Å². The first-order chi connectivity index (χ1) is 12.4. The van der Waals surface area contributed by atoms with Crippen LogP contribution in [0.3, 0.4) is 0 Å². The van der Waals surface area contributed by atoms with Crippen molar-refractivity contribution in [1.82, 2.24) is 14.9 Å². The Hall–Kier alpha value is -1.24. The third-order valence-electron chi connectivity index (χ3n) is 5.95. The van der Waals surface area contributed by atoms with Gasteiger partial charge >= 0.3 is 0 Å². The molecule has 0 spiro atoms. The van der Waals surface area contributed by atoms with Crippen LogP contribution in [-0.2, 0) is 17.6 Å². The zero-order valence-corrected chi connectivity index (χ0v) is 15.4. The molecule has 1 saturated heterocycles. The van der Waals surface area contributed by atoms with Gasteiger partial charge in [0.05, 0.1) is 18.6 Å². The Morgan fingerprint density at radius 3 is 2.76 bits per heavy atom. The maximum absolute atomic E-state index is 6.40. The average molecular weight is 359 g/mol. The second kappa shape index (κ2) is 6.82. The summed E-state index contributed by atoms with van der Waals surface area (Å²) in [6, 6.07) is 0.708. The lowest BCUT2D eigenvalue weighted by atomic mass is 9.91. The van der Waals surface area contributed by atoms with Gasteiger partial charge in [0.2, 0.25) is 5.88 Å². The van der Waals surface area contributed by atoms with Crippen LogP contribution in [0.1, 0.15) is 42.5 Å². The third kappa shape index (κ3) is 3.04. The fourth-order valence-corrected chi connectivity index (χ4v) is 5.84. The molecule has 25 heavy (non-hydrogen) atoms. The van der Waals surface area contributed by atoms with Crippen molar-refractivity contribution >= 4 is 21.6 Å². The molecule has 2 aromatic heterocycles. The number of rotatable bonds is 3. The molecule has 0 N–H and O–H groups in total. The number of thiophene rings is 1. The highest BCUT2D eigenvalue weighted by atomic mass is 32.1. The van der Waals surface area contributed by atoms with Crippen LogP contribution in [0.15, 0.2) is 6.33 Å². The second-order valence-corrected chi connectivity index (χ2v) is 8.50. The van der Waals surface area contributed by atoms with Crippen LogP contribution in [-0.4, -0.2) is 53.3 Å². The van der Waals surface area contributed by atoms with Gasteiger partial charge < -0.3 is 9.47 Å². The molecule has 3 heterocycles. The lowest BCUT2D eigenvalue weighted by Gasteiger charge is -2.38. The van der Waals surface area contributed by atoms with Crippen LogP contribution >= 0.6 is 11.3 Å². The van der Waals surface area contributed by atoms with Crippen molar-refractivity contribution in [2.45, 2.75) is 57.1 Å². The zero-order chi connectivity index (χ0) is 16.6. The summed E-state index contributed by atoms with van der Waals surface area (Å²) in [5, 5.41) is 1.20. The smallest absolute Gasteiger partial charge is 0.225 e. The van der Waals surface area contributed by atoms with Gasteiger partial charge in [-0.25, -0.2) is 9.97 Å². The molecule has 0 bridgehead atoms. The monoisotopic (exact) mass is 359 g/mol. The first kappa shape index (κ1) is 16.0. The van der Waals surface area contributed by atoms with Gasteiger partial charge in [-0.15, -0.1) is 11.3 Å². The maximum Gasteiger partial charge on any atom is 0.225 e. The summed E-state index contributed by atoms with van der Waals surface area (Å²) >= 11 is 1.83. The van der Waals surface area contributed by atoms with Gasteiger partial charge in [-0.05, 0) is 50.5 Å². The van der Waals surface area contributed by atoms with E-state index in [2.05, 4.69) is 14.9 Å². The number of morpholine rings is 1. The average Bonchev–Trinajstić information content (AvgIpc) is 3.24. The molecule has 2 aromatic rings. The standard InChI is InChI=1S/C19H25N3O2S/c1-2-15-16(3-1)25-19-17(15)18(20-12-21-19)24-14-6-4-13(5-7-14)22-8-10-23-11-9-22/h12-14H,1-11H2. The second-order valence-electron chi connectivity index (χ2n) is 7.41. The van der Waals surface area contributed by atoms with E-state index in [0.29, 0.717) is 12.1 Å². The van der Waals surface area contributed by atoms with Gasteiger partial charge in [-0.1, -0.05) is 0 Å². The molecule has 134 valence electrons. The van der Waals surface area contributed by atoms with Crippen molar-refractivity contribution in [3.63, 3.8) is 0 Å². The number of ether oxygens (including phenoxy) is 2. The van der Waals surface area contributed by atoms with Gasteiger partial charge in [0.15, 0.2) is 0 Å². The quantitative estimate of drug-likeness (QED) is 0.842. The Labute approximate surface area is 152 Å². The van der Waals surface area contributed by atoms with Crippen molar-refractivity contribution in [3.05, 3.63) is 16.8 Å². The zero-order valence-electron chi connectivity index (χ0n) is 14.6. The first-order valence-corrected chi connectivity index (χ1v) is 10.4. The van der Waals surface area contributed by atoms with Crippen molar-refractivity contribution in [1.29, 1.82) is 0 Å². The minimum absolute atomic E-state index is 0.298. The lowest BCUT2D eigenvalue weighted by Crippen LogP contribution is -2.46. The van der Waals surface area contributed by atoms with Gasteiger partial charge in [0, 0.05) is 24.0 Å². The van der Waals surface area contributed by atoms with Gasteiger partial charge in [0.25, 0.3) is 0 Å². The molecule has 0 atom stereocenters. The molecule has 5 rings (SSSR count). The van der Waals surface area contributed by atoms with Crippen LogP contribution in [0.5, 0.6) is 5.88 Å². The Morgan fingerprint density at radius 1 is 1.08 bits per heavy atom. The van der Waals surface area contributed by atoms with Crippen molar-refractivity contribution in [2.75, 3.05) is 26.3 Å². The largest absolute Gasteiger partial charge is 0.474 e. The van der Waals surface area contributed by atoms with Crippen LogP contribution in [0, 0.1) is 0 Å². The molecule has 6 heteroatoms. The van der Waals surface area contributed by atoms with Crippen LogP contribution in [0.4, 0.5) is 0 Å². The summed E-state index contributed by atoms with van der Waals surface area (Å²) in [7, 11) is 0. The lowest BCUT2D eigenvalue weighted by molar-refractivity contribution is -0.00126. The number of fused-ring (bicyclic) bond motifs is 3. The van der Waals surface area contributed by atoms with Crippen molar-refractivity contribution in [3.8, 4) is 5.88 Å². The van der Waals surface area contributed by atoms with E-state index in [1.54, 1.807) is 6.33 Å². The van der Waals surface area contributed by atoms with Gasteiger partial charge in [-0.3, -0.25) is 4.90 Å². The fraction of sp³-hybridized carbons (Fsp3) is 0.684. The summed E-state index contributed by atoms with van der Waals surface area (Å²) in [6.07, 6.45) is 10.3. The van der Waals surface area contributed by atoms with Gasteiger partial charge in [0.1, 0.15) is 17.3 Å². The number of aromatic nitrogens is 2. The minimum atomic E-state index is 0.298. The molecular weight excluding hydrogens is 334 g/mol. The predicted molar refractivity (Wildman–Crippen MR) is 98.5 cm³/mol. The highest BCUT2D eigenvalue weighted by Crippen LogP contribution is 2.40. The number of hydrogen-bond donors (Lipinski definition) is 0. The predicted octanol–water partition coefficient (Wildman–Crippen LogP) is 3.20. The summed E-state index contributed by atoms with van der Waals surface area (Å²) in [5.41, 5.74) is 1.46. The van der Waals surface area contributed by atoms with Crippen molar-refractivity contribution < 1.29 is 9.47 Å². The highest BCUT2D eigenvalue weighted by molar-refractivity contribution is 7.18. The fourth-order valence-electron chi connectivity index (χ4n) is 4.62. The molecule has 2 aliphatic carbocycles. The summed E-state index contributed by atoms with van der Waals surface area (Å²) in [6.45, 7) is 3.95. The highest BCUT2D eigenvalue weighted by Gasteiger charge is 2.29. The molecule has 0 aromatic carbocycles. The van der Waals surface area contributed by atoms with E-state index < -0.39 is 0 Å². The minimum Gasteiger partial charge on any atom is -0.474 e. The van der Waals surface area contributed by atoms with E-state index in [0.717, 1.165) is 56.3 Å². The molecular formula is C19H25N3O2S. The van der Waals surface area contributed by atoms with Crippen LogP contribution in [0.2, 0.25) is 0 Å². The molecule has 1 aliphatic heterocycles. The number of hydrogen-bond acceptors (Lipinski definition) is 6. The van der Waals surface area contributed by atoms with E-state index >= 15 is 0 Å². The van der Waals surface area contributed by atoms with E-state index in [1.165, 1.54) is 41.5 Å². The third-order valence-corrected chi connectivity index (χ3v) is 7.15. The molecule has 5 nitrogen and oxygen atoms in total. The Morgan fingerprint density at radius 2 is 1.92 bits per heavy atom. The summed E-state index contributed by atoms with van der Waals surface area (Å²) in [5.74, 6) is 0.833. The van der Waals surface area contributed by atoms with Crippen LogP contribution in [0.25, 0.3) is 10.2 Å². The SMILES string of the molecule is c1nc(OC2CCC(N3CCOCC3)CC2)c2c3c(sc2n1)CCC3. The molecule has 0 radical (unpaired) electrons. The molecule has 1 saturated carbocycles. The topological polar surface area (TPSA) is 47.5 Å². The maximum atomic E-state index is 6.40. The van der Waals surface area contributed by atoms with E-state index in [9.17, 15) is 0 Å². The Kier molecular flexibility index (Phi) is 4.36. The van der Waals surface area contributed by atoms with E-state index in [-0.39, 0.29) is 0 Å². The Bertz CT molecular complexity index is 748. The molecule has 2 fully saturated rings. The first-order valence-electron chi connectivity index (χ1n) is 9.62.